The SMILES string of the molecule is CCCCCC(=O)OC[C@H]1O[C@@H](O)[C@@H](OC(=O)CCCCC)[C@H](OC(=O)CCCCC)[C@@H]1OC(=O)CCCCC. The van der Waals surface area contributed by atoms with Crippen molar-refractivity contribution in [3.8, 4) is 0 Å². The van der Waals surface area contributed by atoms with E-state index in [0.29, 0.717) is 25.7 Å². The third-order valence-corrected chi connectivity index (χ3v) is 6.76. The molecule has 5 atom stereocenters. The van der Waals surface area contributed by atoms with Crippen molar-refractivity contribution in [1.82, 2.24) is 0 Å². The van der Waals surface area contributed by atoms with Crippen LogP contribution in [0.2, 0.25) is 0 Å². The fourth-order valence-electron chi connectivity index (χ4n) is 4.39. The fourth-order valence-corrected chi connectivity index (χ4v) is 4.39. The van der Waals surface area contributed by atoms with E-state index in [1.54, 1.807) is 0 Å². The molecule has 0 amide bonds. The van der Waals surface area contributed by atoms with Crippen molar-refractivity contribution in [2.75, 3.05) is 6.61 Å². The number of esters is 4. The molecule has 0 aromatic carbocycles. The maximum Gasteiger partial charge on any atom is 0.306 e. The van der Waals surface area contributed by atoms with Gasteiger partial charge in [-0.1, -0.05) is 79.1 Å². The second-order valence-electron chi connectivity index (χ2n) is 10.4. The molecule has 0 aliphatic carbocycles. The average Bonchev–Trinajstić information content (AvgIpc) is 2.91. The summed E-state index contributed by atoms with van der Waals surface area (Å²) in [4.78, 5) is 50.4. The first-order valence-corrected chi connectivity index (χ1v) is 15.3. The van der Waals surface area contributed by atoms with Crippen LogP contribution in [0.1, 0.15) is 130 Å². The summed E-state index contributed by atoms with van der Waals surface area (Å²) in [7, 11) is 0. The minimum absolute atomic E-state index is 0.118. The molecule has 1 rings (SSSR count). The first kappa shape index (κ1) is 35.8. The second kappa shape index (κ2) is 21.5. The Labute approximate surface area is 239 Å². The summed E-state index contributed by atoms with van der Waals surface area (Å²) in [5, 5.41) is 10.8. The Morgan fingerprint density at radius 1 is 0.550 bits per heavy atom. The highest BCUT2D eigenvalue weighted by Crippen LogP contribution is 2.29. The van der Waals surface area contributed by atoms with Crippen molar-refractivity contribution in [1.29, 1.82) is 0 Å². The van der Waals surface area contributed by atoms with E-state index in [4.69, 9.17) is 23.7 Å². The molecule has 0 saturated carbocycles. The van der Waals surface area contributed by atoms with Gasteiger partial charge in [0.2, 0.25) is 0 Å². The minimum Gasteiger partial charge on any atom is -0.463 e. The van der Waals surface area contributed by atoms with Crippen LogP contribution in [0.5, 0.6) is 0 Å². The summed E-state index contributed by atoms with van der Waals surface area (Å²) >= 11 is 0. The quantitative estimate of drug-likeness (QED) is 0.110. The van der Waals surface area contributed by atoms with Crippen molar-refractivity contribution in [2.24, 2.45) is 0 Å². The van der Waals surface area contributed by atoms with Crippen LogP contribution in [0, 0.1) is 0 Å². The molecular weight excluding hydrogens is 520 g/mol. The fraction of sp³-hybridized carbons (Fsp3) is 0.867. The van der Waals surface area contributed by atoms with E-state index < -0.39 is 54.6 Å². The van der Waals surface area contributed by atoms with Gasteiger partial charge >= 0.3 is 23.9 Å². The molecule has 1 fully saturated rings. The van der Waals surface area contributed by atoms with Gasteiger partial charge < -0.3 is 28.8 Å². The van der Waals surface area contributed by atoms with E-state index in [1.807, 2.05) is 27.7 Å². The van der Waals surface area contributed by atoms with Gasteiger partial charge in [-0.3, -0.25) is 19.2 Å². The van der Waals surface area contributed by atoms with Crippen molar-refractivity contribution in [3.05, 3.63) is 0 Å². The number of rotatable bonds is 21. The molecule has 1 N–H and O–H groups in total. The Balaban J connectivity index is 3.17. The van der Waals surface area contributed by atoms with Gasteiger partial charge in [0, 0.05) is 25.7 Å². The van der Waals surface area contributed by atoms with E-state index in [9.17, 15) is 24.3 Å². The molecule has 0 radical (unpaired) electrons. The lowest BCUT2D eigenvalue weighted by molar-refractivity contribution is -0.297. The Kier molecular flexibility index (Phi) is 19.3. The first-order chi connectivity index (χ1) is 19.3. The van der Waals surface area contributed by atoms with E-state index in [-0.39, 0.29) is 32.3 Å². The van der Waals surface area contributed by atoms with Crippen LogP contribution in [0.4, 0.5) is 0 Å². The minimum atomic E-state index is -1.68. The zero-order valence-corrected chi connectivity index (χ0v) is 25.0. The number of hydrogen-bond acceptors (Lipinski definition) is 10. The lowest BCUT2D eigenvalue weighted by atomic mass is 9.98. The molecule has 0 bridgehead atoms. The average molecular weight is 573 g/mol. The number of aliphatic hydroxyl groups excluding tert-OH is 1. The van der Waals surface area contributed by atoms with Crippen molar-refractivity contribution >= 4 is 23.9 Å². The molecule has 0 unspecified atom stereocenters. The van der Waals surface area contributed by atoms with Gasteiger partial charge in [-0.2, -0.15) is 0 Å². The van der Waals surface area contributed by atoms with E-state index in [2.05, 4.69) is 0 Å². The standard InChI is InChI=1S/C30H52O10/c1-5-9-13-17-23(31)36-21-22-27(38-24(32)18-14-10-6-2)28(39-25(33)19-15-11-7-3)29(30(35)37-22)40-26(34)20-16-12-8-4/h22,27-30,35H,5-21H2,1-4H3/t22-,27-,28-,29+,30-/m1/s1. The number of aliphatic hydroxyl groups is 1. The highest BCUT2D eigenvalue weighted by atomic mass is 16.7. The first-order valence-electron chi connectivity index (χ1n) is 15.3. The largest absolute Gasteiger partial charge is 0.463 e. The zero-order valence-electron chi connectivity index (χ0n) is 25.0. The smallest absolute Gasteiger partial charge is 0.306 e. The lowest BCUT2D eigenvalue weighted by Gasteiger charge is -2.43. The molecule has 40 heavy (non-hydrogen) atoms. The lowest BCUT2D eigenvalue weighted by Crippen LogP contribution is -2.62. The molecule has 1 saturated heterocycles. The van der Waals surface area contributed by atoms with Gasteiger partial charge in [0.25, 0.3) is 0 Å². The summed E-state index contributed by atoms with van der Waals surface area (Å²) in [5.74, 6) is -2.14. The summed E-state index contributed by atoms with van der Waals surface area (Å²) < 4.78 is 28.1. The van der Waals surface area contributed by atoms with Crippen LogP contribution in [0.25, 0.3) is 0 Å². The molecule has 10 nitrogen and oxygen atoms in total. The third-order valence-electron chi connectivity index (χ3n) is 6.76. The highest BCUT2D eigenvalue weighted by molar-refractivity contribution is 5.72. The molecule has 10 heteroatoms. The monoisotopic (exact) mass is 572 g/mol. The zero-order chi connectivity index (χ0) is 29.8. The van der Waals surface area contributed by atoms with E-state index in [0.717, 1.165) is 51.4 Å². The Morgan fingerprint density at radius 2 is 0.925 bits per heavy atom. The van der Waals surface area contributed by atoms with Gasteiger partial charge in [-0.25, -0.2) is 0 Å². The molecule has 1 aliphatic heterocycles. The van der Waals surface area contributed by atoms with Crippen LogP contribution in [0.15, 0.2) is 0 Å². The Morgan fingerprint density at radius 3 is 1.35 bits per heavy atom. The van der Waals surface area contributed by atoms with Crippen molar-refractivity contribution in [3.63, 3.8) is 0 Å². The van der Waals surface area contributed by atoms with Crippen molar-refractivity contribution < 1.29 is 48.0 Å². The molecule has 232 valence electrons. The molecule has 1 aliphatic rings. The van der Waals surface area contributed by atoms with Gasteiger partial charge in [-0.15, -0.1) is 0 Å². The maximum absolute atomic E-state index is 12.8. The summed E-state index contributed by atoms with van der Waals surface area (Å²) in [6, 6.07) is 0. The highest BCUT2D eigenvalue weighted by Gasteiger charge is 2.52. The number of carbonyl (C=O) groups is 4. The Hall–Kier alpha value is -2.20. The molecular formula is C30H52O10. The molecule has 0 aromatic rings. The number of carbonyl (C=O) groups excluding carboxylic acids is 4. The van der Waals surface area contributed by atoms with Crippen molar-refractivity contribution in [2.45, 2.75) is 161 Å². The second-order valence-corrected chi connectivity index (χ2v) is 10.4. The van der Waals surface area contributed by atoms with Gasteiger partial charge in [0.05, 0.1) is 0 Å². The maximum atomic E-state index is 12.8. The summed E-state index contributed by atoms with van der Waals surface area (Å²) in [5.41, 5.74) is 0. The number of unbranched alkanes of at least 4 members (excludes halogenated alkanes) is 8. The molecule has 0 spiro atoms. The summed E-state index contributed by atoms with van der Waals surface area (Å²) in [6.07, 6.45) is 3.36. The van der Waals surface area contributed by atoms with Crippen LogP contribution in [-0.4, -0.2) is 66.3 Å². The van der Waals surface area contributed by atoms with Crippen LogP contribution < -0.4 is 0 Å². The number of ether oxygens (including phenoxy) is 5. The number of hydrogen-bond donors (Lipinski definition) is 1. The van der Waals surface area contributed by atoms with Crippen LogP contribution >= 0.6 is 0 Å². The normalized spacial score (nSPS) is 22.4. The molecule has 0 aromatic heterocycles. The van der Waals surface area contributed by atoms with Crippen LogP contribution in [-0.2, 0) is 42.9 Å². The van der Waals surface area contributed by atoms with E-state index in [1.165, 1.54) is 0 Å². The summed E-state index contributed by atoms with van der Waals surface area (Å²) in [6.45, 7) is 7.74. The molecule has 1 heterocycles. The third kappa shape index (κ3) is 14.4. The van der Waals surface area contributed by atoms with Gasteiger partial charge in [0.15, 0.2) is 24.6 Å². The van der Waals surface area contributed by atoms with Gasteiger partial charge in [0.1, 0.15) is 12.7 Å². The predicted octanol–water partition coefficient (Wildman–Crippen LogP) is 5.30. The topological polar surface area (TPSA) is 135 Å². The predicted molar refractivity (Wildman–Crippen MR) is 148 cm³/mol. The van der Waals surface area contributed by atoms with Crippen LogP contribution in [0.3, 0.4) is 0 Å². The Bertz CT molecular complexity index is 740. The van der Waals surface area contributed by atoms with Gasteiger partial charge in [-0.05, 0) is 25.7 Å². The van der Waals surface area contributed by atoms with E-state index >= 15 is 0 Å².